The third-order valence-corrected chi connectivity index (χ3v) is 6.62. The molecule has 0 saturated carbocycles. The van der Waals surface area contributed by atoms with Crippen LogP contribution >= 0.6 is 0 Å². The van der Waals surface area contributed by atoms with E-state index >= 15 is 0 Å². The molecule has 0 spiro atoms. The predicted molar refractivity (Wildman–Crippen MR) is 97.1 cm³/mol. The van der Waals surface area contributed by atoms with Crippen LogP contribution < -0.4 is 10.1 Å². The van der Waals surface area contributed by atoms with Gasteiger partial charge in [-0.25, -0.2) is 8.42 Å². The summed E-state index contributed by atoms with van der Waals surface area (Å²) >= 11 is 0. The smallest absolute Gasteiger partial charge is 0.243 e. The SMILES string of the molecule is CC[C@@H](C)NC(=O)[C@@H]1CCCN(S(=O)(=O)c2ccc(OC)c(C)c2)C1. The molecule has 1 aromatic carbocycles. The van der Waals surface area contributed by atoms with E-state index in [1.165, 1.54) is 4.31 Å². The molecule has 1 amide bonds. The Morgan fingerprint density at radius 1 is 1.44 bits per heavy atom. The molecule has 1 aliphatic rings. The Balaban J connectivity index is 2.16. The van der Waals surface area contributed by atoms with Crippen molar-refractivity contribution in [3.63, 3.8) is 0 Å². The van der Waals surface area contributed by atoms with E-state index in [4.69, 9.17) is 4.74 Å². The summed E-state index contributed by atoms with van der Waals surface area (Å²) in [4.78, 5) is 12.6. The summed E-state index contributed by atoms with van der Waals surface area (Å²) in [5, 5.41) is 2.96. The Hall–Kier alpha value is -1.60. The average Bonchev–Trinajstić information content (AvgIpc) is 2.61. The van der Waals surface area contributed by atoms with Gasteiger partial charge in [-0.3, -0.25) is 4.79 Å². The molecule has 1 saturated heterocycles. The van der Waals surface area contributed by atoms with E-state index in [0.717, 1.165) is 18.4 Å². The Kier molecular flexibility index (Phi) is 6.46. The number of hydrogen-bond acceptors (Lipinski definition) is 4. The molecular formula is C18H28N2O4S. The van der Waals surface area contributed by atoms with Crippen molar-refractivity contribution in [2.45, 2.75) is 51.0 Å². The molecule has 1 heterocycles. The minimum absolute atomic E-state index is 0.0554. The molecule has 7 heteroatoms. The molecule has 140 valence electrons. The fourth-order valence-corrected chi connectivity index (χ4v) is 4.61. The van der Waals surface area contributed by atoms with Crippen molar-refractivity contribution in [3.8, 4) is 5.75 Å². The van der Waals surface area contributed by atoms with Crippen LogP contribution in [-0.4, -0.2) is 44.9 Å². The summed E-state index contributed by atoms with van der Waals surface area (Å²) in [6.45, 7) is 6.45. The van der Waals surface area contributed by atoms with Gasteiger partial charge in [0.1, 0.15) is 5.75 Å². The molecule has 2 rings (SSSR count). The molecule has 1 fully saturated rings. The van der Waals surface area contributed by atoms with E-state index in [-0.39, 0.29) is 29.3 Å². The predicted octanol–water partition coefficient (Wildman–Crippen LogP) is 2.32. The Morgan fingerprint density at radius 2 is 2.16 bits per heavy atom. The first-order valence-electron chi connectivity index (χ1n) is 8.74. The highest BCUT2D eigenvalue weighted by Gasteiger charge is 2.33. The number of methoxy groups -OCH3 is 1. The third-order valence-electron chi connectivity index (χ3n) is 4.76. The Morgan fingerprint density at radius 3 is 2.76 bits per heavy atom. The van der Waals surface area contributed by atoms with Crippen molar-refractivity contribution in [2.24, 2.45) is 5.92 Å². The number of ether oxygens (including phenoxy) is 1. The van der Waals surface area contributed by atoms with Gasteiger partial charge in [0.15, 0.2) is 0 Å². The lowest BCUT2D eigenvalue weighted by Gasteiger charge is -2.32. The van der Waals surface area contributed by atoms with Crippen molar-refractivity contribution in [1.82, 2.24) is 9.62 Å². The molecule has 0 aromatic heterocycles. The van der Waals surface area contributed by atoms with E-state index in [1.54, 1.807) is 25.3 Å². The van der Waals surface area contributed by atoms with Gasteiger partial charge in [-0.1, -0.05) is 6.92 Å². The topological polar surface area (TPSA) is 75.7 Å². The molecule has 1 aromatic rings. The van der Waals surface area contributed by atoms with Crippen molar-refractivity contribution in [3.05, 3.63) is 23.8 Å². The van der Waals surface area contributed by atoms with E-state index in [2.05, 4.69) is 5.32 Å². The summed E-state index contributed by atoms with van der Waals surface area (Å²) in [6.07, 6.45) is 2.26. The highest BCUT2D eigenvalue weighted by Crippen LogP contribution is 2.27. The summed E-state index contributed by atoms with van der Waals surface area (Å²) in [5.41, 5.74) is 0.770. The number of carbonyl (C=O) groups is 1. The quantitative estimate of drug-likeness (QED) is 0.836. The number of hydrogen-bond donors (Lipinski definition) is 1. The first-order chi connectivity index (χ1) is 11.8. The minimum atomic E-state index is -3.61. The number of nitrogens with one attached hydrogen (secondary N) is 1. The highest BCUT2D eigenvalue weighted by molar-refractivity contribution is 7.89. The summed E-state index contributed by atoms with van der Waals surface area (Å²) in [5.74, 6) is 0.306. The summed E-state index contributed by atoms with van der Waals surface area (Å²) < 4.78 is 32.5. The van der Waals surface area contributed by atoms with Gasteiger partial charge in [0.25, 0.3) is 0 Å². The van der Waals surface area contributed by atoms with Crippen LogP contribution in [0.4, 0.5) is 0 Å². The maximum absolute atomic E-state index is 12.9. The van der Waals surface area contributed by atoms with Gasteiger partial charge >= 0.3 is 0 Å². The highest BCUT2D eigenvalue weighted by atomic mass is 32.2. The van der Waals surface area contributed by atoms with Crippen LogP contribution in [0.15, 0.2) is 23.1 Å². The van der Waals surface area contributed by atoms with E-state index in [1.807, 2.05) is 20.8 Å². The average molecular weight is 368 g/mol. The van der Waals surface area contributed by atoms with Crippen LogP contribution in [-0.2, 0) is 14.8 Å². The lowest BCUT2D eigenvalue weighted by molar-refractivity contribution is -0.126. The monoisotopic (exact) mass is 368 g/mol. The first-order valence-corrected chi connectivity index (χ1v) is 10.2. The number of benzene rings is 1. The summed E-state index contributed by atoms with van der Waals surface area (Å²) in [7, 11) is -2.06. The fourth-order valence-electron chi connectivity index (χ4n) is 3.00. The molecule has 1 N–H and O–H groups in total. The normalized spacial score (nSPS) is 20.1. The lowest BCUT2D eigenvalue weighted by Crippen LogP contribution is -2.47. The molecule has 0 radical (unpaired) electrons. The van der Waals surface area contributed by atoms with Crippen LogP contribution in [0.5, 0.6) is 5.75 Å². The number of piperidine rings is 1. The minimum Gasteiger partial charge on any atom is -0.496 e. The molecular weight excluding hydrogens is 340 g/mol. The zero-order valence-corrected chi connectivity index (χ0v) is 16.2. The second kappa shape index (κ2) is 8.19. The van der Waals surface area contributed by atoms with E-state index < -0.39 is 10.0 Å². The van der Waals surface area contributed by atoms with Crippen LogP contribution in [0.2, 0.25) is 0 Å². The van der Waals surface area contributed by atoms with Gasteiger partial charge in [-0.05, 0) is 56.9 Å². The van der Waals surface area contributed by atoms with Crippen molar-refractivity contribution < 1.29 is 17.9 Å². The molecule has 25 heavy (non-hydrogen) atoms. The van der Waals surface area contributed by atoms with Crippen molar-refractivity contribution in [2.75, 3.05) is 20.2 Å². The van der Waals surface area contributed by atoms with Crippen LogP contribution in [0.3, 0.4) is 0 Å². The zero-order chi connectivity index (χ0) is 18.6. The third kappa shape index (κ3) is 4.52. The Bertz CT molecular complexity index is 718. The largest absolute Gasteiger partial charge is 0.496 e. The van der Waals surface area contributed by atoms with Crippen LogP contribution in [0, 0.1) is 12.8 Å². The van der Waals surface area contributed by atoms with Gasteiger partial charge in [-0.15, -0.1) is 0 Å². The van der Waals surface area contributed by atoms with Gasteiger partial charge in [0, 0.05) is 19.1 Å². The van der Waals surface area contributed by atoms with E-state index in [9.17, 15) is 13.2 Å². The first kappa shape index (κ1) is 19.7. The number of rotatable bonds is 6. The van der Waals surface area contributed by atoms with Gasteiger partial charge in [0.2, 0.25) is 15.9 Å². The molecule has 0 bridgehead atoms. The second-order valence-corrected chi connectivity index (χ2v) is 8.59. The number of carbonyl (C=O) groups excluding carboxylic acids is 1. The second-order valence-electron chi connectivity index (χ2n) is 6.65. The molecule has 2 atom stereocenters. The number of nitrogens with zero attached hydrogens (tertiary/aromatic N) is 1. The zero-order valence-electron chi connectivity index (χ0n) is 15.4. The van der Waals surface area contributed by atoms with Crippen LogP contribution in [0.1, 0.15) is 38.7 Å². The molecule has 0 aliphatic carbocycles. The number of sulfonamides is 1. The number of aryl methyl sites for hydroxylation is 1. The lowest BCUT2D eigenvalue weighted by atomic mass is 9.98. The molecule has 0 unspecified atom stereocenters. The maximum atomic E-state index is 12.9. The maximum Gasteiger partial charge on any atom is 0.243 e. The van der Waals surface area contributed by atoms with Gasteiger partial charge < -0.3 is 10.1 Å². The van der Waals surface area contributed by atoms with Gasteiger partial charge in [0.05, 0.1) is 17.9 Å². The summed E-state index contributed by atoms with van der Waals surface area (Å²) in [6, 6.07) is 4.95. The number of amides is 1. The molecule has 6 nitrogen and oxygen atoms in total. The fraction of sp³-hybridized carbons (Fsp3) is 0.611. The van der Waals surface area contributed by atoms with Crippen LogP contribution in [0.25, 0.3) is 0 Å². The van der Waals surface area contributed by atoms with E-state index in [0.29, 0.717) is 18.7 Å². The van der Waals surface area contributed by atoms with Gasteiger partial charge in [-0.2, -0.15) is 4.31 Å². The standard InChI is InChI=1S/C18H28N2O4S/c1-5-14(3)19-18(21)15-7-6-10-20(12-15)25(22,23)16-8-9-17(24-4)13(2)11-16/h8-9,11,14-15H,5-7,10,12H2,1-4H3,(H,19,21)/t14-,15-/m1/s1. The molecule has 1 aliphatic heterocycles. The van der Waals surface area contributed by atoms with Crippen molar-refractivity contribution in [1.29, 1.82) is 0 Å². The Labute approximate surface area is 150 Å². The van der Waals surface area contributed by atoms with Crippen molar-refractivity contribution >= 4 is 15.9 Å².